The molecule has 0 saturated carbocycles. The Balaban J connectivity index is 3.60. The van der Waals surface area contributed by atoms with Crippen LogP contribution in [0, 0.1) is 0 Å². The first-order valence-corrected chi connectivity index (χ1v) is 12.1. The Labute approximate surface area is 166 Å². The van der Waals surface area contributed by atoms with Crippen molar-refractivity contribution in [2.75, 3.05) is 19.8 Å². The van der Waals surface area contributed by atoms with E-state index in [-0.39, 0.29) is 6.61 Å². The second kappa shape index (κ2) is 10.3. The summed E-state index contributed by atoms with van der Waals surface area (Å²) in [5.74, 6) is 0. The van der Waals surface area contributed by atoms with Crippen molar-refractivity contribution >= 4 is 18.4 Å². The van der Waals surface area contributed by atoms with E-state index in [9.17, 15) is 8.77 Å². The Kier molecular flexibility index (Phi) is 9.32. The minimum atomic E-state index is -3.68. The summed E-state index contributed by atoms with van der Waals surface area (Å²) in [5.41, 5.74) is 0.698. The number of ether oxygens (including phenoxy) is 2. The van der Waals surface area contributed by atoms with Gasteiger partial charge in [-0.1, -0.05) is 30.3 Å². The van der Waals surface area contributed by atoms with Crippen molar-refractivity contribution in [2.45, 2.75) is 64.5 Å². The zero-order chi connectivity index (χ0) is 20.7. The van der Waals surface area contributed by atoms with Gasteiger partial charge in [-0.15, -0.1) is 0 Å². The van der Waals surface area contributed by atoms with E-state index in [2.05, 4.69) is 4.72 Å². The molecule has 0 aliphatic rings. The molecule has 3 atom stereocenters. The smallest absolute Gasteiger partial charge is 0.281 e. The van der Waals surface area contributed by atoms with Crippen LogP contribution >= 0.6 is 7.37 Å². The van der Waals surface area contributed by atoms with Gasteiger partial charge in [0.15, 0.2) is 0 Å². The minimum Gasteiger partial charge on any atom is -0.345 e. The van der Waals surface area contributed by atoms with Gasteiger partial charge < -0.3 is 14.0 Å². The Hall–Kier alpha value is -0.560. The lowest BCUT2D eigenvalue weighted by molar-refractivity contribution is -0.0911. The van der Waals surface area contributed by atoms with Crippen LogP contribution in [0.4, 0.5) is 0 Å². The maximum atomic E-state index is 14.3. The first kappa shape index (κ1) is 24.5. The van der Waals surface area contributed by atoms with Crippen molar-refractivity contribution in [1.29, 1.82) is 0 Å². The molecule has 27 heavy (non-hydrogen) atoms. The summed E-state index contributed by atoms with van der Waals surface area (Å²) >= 11 is 0. The summed E-state index contributed by atoms with van der Waals surface area (Å²) in [4.78, 5) is 0. The molecule has 2 unspecified atom stereocenters. The normalized spacial score (nSPS) is 18.1. The predicted octanol–water partition coefficient (Wildman–Crippen LogP) is 4.58. The maximum absolute atomic E-state index is 14.3. The Morgan fingerprint density at radius 1 is 1.00 bits per heavy atom. The molecule has 0 amide bonds. The molecule has 0 saturated heterocycles. The molecule has 0 radical (unpaired) electrons. The van der Waals surface area contributed by atoms with E-state index in [4.69, 9.17) is 14.0 Å². The van der Waals surface area contributed by atoms with Gasteiger partial charge in [-0.25, -0.2) is 8.93 Å². The van der Waals surface area contributed by atoms with Crippen molar-refractivity contribution in [2.24, 2.45) is 0 Å². The van der Waals surface area contributed by atoms with Crippen molar-refractivity contribution in [3.05, 3.63) is 35.9 Å². The van der Waals surface area contributed by atoms with Crippen LogP contribution in [0.25, 0.3) is 0 Å². The minimum absolute atomic E-state index is 0.209. The fourth-order valence-electron chi connectivity index (χ4n) is 2.52. The van der Waals surface area contributed by atoms with Crippen molar-refractivity contribution < 1.29 is 22.8 Å². The largest absolute Gasteiger partial charge is 0.345 e. The molecule has 1 N–H and O–H groups in total. The van der Waals surface area contributed by atoms with Crippen LogP contribution < -0.4 is 4.72 Å². The predicted molar refractivity (Wildman–Crippen MR) is 111 cm³/mol. The molecule has 0 spiro atoms. The summed E-state index contributed by atoms with van der Waals surface area (Å²) in [5, 5.41) is -1.27. The third kappa shape index (κ3) is 5.72. The van der Waals surface area contributed by atoms with Crippen LogP contribution in [-0.2, 0) is 34.8 Å². The third-order valence-electron chi connectivity index (χ3n) is 4.02. The Morgan fingerprint density at radius 2 is 1.52 bits per heavy atom. The lowest BCUT2D eigenvalue weighted by atomic mass is 10.1. The number of hydrogen-bond acceptors (Lipinski definition) is 5. The second-order valence-electron chi connectivity index (χ2n) is 7.15. The van der Waals surface area contributed by atoms with E-state index < -0.39 is 34.4 Å². The van der Waals surface area contributed by atoms with Gasteiger partial charge in [0.05, 0.1) is 22.3 Å². The van der Waals surface area contributed by atoms with Gasteiger partial charge in [0.2, 0.25) is 6.03 Å². The maximum Gasteiger partial charge on any atom is 0.281 e. The summed E-state index contributed by atoms with van der Waals surface area (Å²) in [6.07, 6.45) is 0. The number of benzene rings is 1. The fourth-order valence-corrected chi connectivity index (χ4v) is 6.45. The van der Waals surface area contributed by atoms with Gasteiger partial charge in [-0.3, -0.25) is 4.57 Å². The highest BCUT2D eigenvalue weighted by Gasteiger charge is 2.55. The van der Waals surface area contributed by atoms with Crippen LogP contribution in [0.3, 0.4) is 0 Å². The van der Waals surface area contributed by atoms with Crippen LogP contribution in [-0.4, -0.2) is 34.8 Å². The highest BCUT2D eigenvalue weighted by Crippen LogP contribution is 2.66. The molecule has 0 aliphatic carbocycles. The SMILES string of the molecule is CCOC(OCC)P(=O)(OCC)[C@@](C)(NS(=O)C(C)(C)C)c1ccccc1. The van der Waals surface area contributed by atoms with Gasteiger partial charge in [0, 0.05) is 13.2 Å². The molecule has 1 aromatic carbocycles. The number of hydrogen-bond donors (Lipinski definition) is 1. The Morgan fingerprint density at radius 3 is 1.93 bits per heavy atom. The summed E-state index contributed by atoms with van der Waals surface area (Å²) in [6.45, 7) is 13.5. The van der Waals surface area contributed by atoms with Gasteiger partial charge in [0.25, 0.3) is 7.37 Å². The van der Waals surface area contributed by atoms with E-state index >= 15 is 0 Å². The summed E-state index contributed by atoms with van der Waals surface area (Å²) in [7, 11) is -5.17. The van der Waals surface area contributed by atoms with E-state index in [0.717, 1.165) is 0 Å². The molecule has 0 aromatic heterocycles. The van der Waals surface area contributed by atoms with Crippen molar-refractivity contribution in [1.82, 2.24) is 4.72 Å². The molecule has 8 heteroatoms. The highest BCUT2D eigenvalue weighted by molar-refractivity contribution is 7.85. The number of rotatable bonds is 11. The van der Waals surface area contributed by atoms with Crippen LogP contribution in [0.5, 0.6) is 0 Å². The topological polar surface area (TPSA) is 73.9 Å². The molecule has 0 fully saturated rings. The molecule has 1 aromatic rings. The van der Waals surface area contributed by atoms with Crippen LogP contribution in [0.15, 0.2) is 30.3 Å². The fraction of sp³-hybridized carbons (Fsp3) is 0.684. The van der Waals surface area contributed by atoms with Gasteiger partial charge >= 0.3 is 0 Å². The molecular weight excluding hydrogens is 385 g/mol. The van der Waals surface area contributed by atoms with Crippen molar-refractivity contribution in [3.8, 4) is 0 Å². The van der Waals surface area contributed by atoms with Crippen LogP contribution in [0.2, 0.25) is 0 Å². The molecule has 156 valence electrons. The lowest BCUT2D eigenvalue weighted by Gasteiger charge is -2.42. The average Bonchev–Trinajstić information content (AvgIpc) is 2.61. The monoisotopic (exact) mass is 419 g/mol. The zero-order valence-corrected chi connectivity index (χ0v) is 19.2. The van der Waals surface area contributed by atoms with E-state index in [1.54, 1.807) is 13.8 Å². The van der Waals surface area contributed by atoms with E-state index in [1.807, 2.05) is 65.0 Å². The zero-order valence-electron chi connectivity index (χ0n) is 17.5. The summed E-state index contributed by atoms with van der Waals surface area (Å²) < 4.78 is 47.0. The number of nitrogens with one attached hydrogen (secondary N) is 1. The molecule has 0 aliphatic heterocycles. The first-order chi connectivity index (χ1) is 12.6. The molecule has 1 rings (SSSR count). The molecule has 0 heterocycles. The van der Waals surface area contributed by atoms with Crippen LogP contribution in [0.1, 0.15) is 54.0 Å². The third-order valence-corrected chi connectivity index (χ3v) is 8.99. The standard InChI is InChI=1S/C19H34NO5PS/c1-8-23-17(24-9-2)26(21,25-10-3)19(7,16-14-12-11-13-15-16)20-27(22)18(4,5)6/h11-15,17,20H,8-10H2,1-7H3/t19-,26?,27?/m1/s1. The van der Waals surface area contributed by atoms with Gasteiger partial charge in [-0.2, -0.15) is 0 Å². The lowest BCUT2D eigenvalue weighted by Crippen LogP contribution is -2.48. The van der Waals surface area contributed by atoms with Gasteiger partial charge in [0.1, 0.15) is 5.28 Å². The average molecular weight is 420 g/mol. The van der Waals surface area contributed by atoms with Gasteiger partial charge in [-0.05, 0) is 54.0 Å². The Bertz CT molecular complexity index is 643. The van der Waals surface area contributed by atoms with Crippen molar-refractivity contribution in [3.63, 3.8) is 0 Å². The first-order valence-electron chi connectivity index (χ1n) is 9.29. The summed E-state index contributed by atoms with van der Waals surface area (Å²) in [6, 6.07) is 8.19. The second-order valence-corrected chi connectivity index (χ2v) is 11.9. The van der Waals surface area contributed by atoms with E-state index in [1.165, 1.54) is 0 Å². The molecule has 0 bridgehead atoms. The van der Waals surface area contributed by atoms with E-state index in [0.29, 0.717) is 18.8 Å². The highest BCUT2D eigenvalue weighted by atomic mass is 32.2. The molecule has 6 nitrogen and oxygen atoms in total. The molecular formula is C19H34NO5PS. The quantitative estimate of drug-likeness (QED) is 0.420.